The summed E-state index contributed by atoms with van der Waals surface area (Å²) in [5.41, 5.74) is 1.28. The van der Waals surface area contributed by atoms with Gasteiger partial charge in [0, 0.05) is 25.9 Å². The molecule has 158 valence electrons. The zero-order valence-corrected chi connectivity index (χ0v) is 18.1. The number of carbonyl (C=O) groups excluding carboxylic acids is 1. The molecule has 0 radical (unpaired) electrons. The molecule has 2 fully saturated rings. The molecule has 0 bridgehead atoms. The Morgan fingerprint density at radius 1 is 1.18 bits per heavy atom. The number of piperidine rings is 2. The van der Waals surface area contributed by atoms with Gasteiger partial charge in [0.1, 0.15) is 4.90 Å². The van der Waals surface area contributed by atoms with Gasteiger partial charge in [0.15, 0.2) is 6.67 Å². The number of esters is 1. The van der Waals surface area contributed by atoms with Crippen LogP contribution in [0.25, 0.3) is 0 Å². The van der Waals surface area contributed by atoms with Gasteiger partial charge in [-0.05, 0) is 33.6 Å². The number of sulfonamides is 1. The highest BCUT2D eigenvalue weighted by Crippen LogP contribution is 2.25. The van der Waals surface area contributed by atoms with Gasteiger partial charge in [-0.3, -0.25) is 4.79 Å². The van der Waals surface area contributed by atoms with Crippen LogP contribution >= 0.6 is 0 Å². The van der Waals surface area contributed by atoms with E-state index in [-0.39, 0.29) is 11.9 Å². The molecule has 2 saturated heterocycles. The minimum absolute atomic E-state index is 0.0146. The summed E-state index contributed by atoms with van der Waals surface area (Å²) in [5.74, 6) is -0.109. The fourth-order valence-electron chi connectivity index (χ4n) is 4.33. The van der Waals surface area contributed by atoms with Crippen molar-refractivity contribution in [3.63, 3.8) is 0 Å². The van der Waals surface area contributed by atoms with Gasteiger partial charge in [0.2, 0.25) is 10.0 Å². The number of nitrogens with zero attached hydrogens (tertiary/aromatic N) is 3. The average Bonchev–Trinajstić information content (AvgIpc) is 2.97. The van der Waals surface area contributed by atoms with Crippen LogP contribution in [-0.2, 0) is 26.2 Å². The number of quaternary nitrogens is 1. The largest absolute Gasteiger partial charge is 0.466 e. The lowest BCUT2D eigenvalue weighted by atomic mass is 9.97. The molecule has 0 atom stereocenters. The highest BCUT2D eigenvalue weighted by Gasteiger charge is 2.33. The van der Waals surface area contributed by atoms with Gasteiger partial charge in [0.25, 0.3) is 0 Å². The molecule has 3 rings (SSSR count). The second kappa shape index (κ2) is 8.92. The summed E-state index contributed by atoms with van der Waals surface area (Å²) < 4.78 is 34.8. The van der Waals surface area contributed by atoms with Crippen molar-refractivity contribution in [2.45, 2.75) is 64.4 Å². The van der Waals surface area contributed by atoms with E-state index < -0.39 is 10.0 Å². The first-order chi connectivity index (χ1) is 13.3. The molecular weight excluding hydrogens is 380 g/mol. The SMILES string of the molecule is CCOC(=O)C1CC[NH+](Cn2nc(C)c(S(=O)(=O)N3CCCCC3)c2C)CC1. The first kappa shape index (κ1) is 21.3. The highest BCUT2D eigenvalue weighted by atomic mass is 32.2. The van der Waals surface area contributed by atoms with Crippen molar-refractivity contribution in [1.82, 2.24) is 14.1 Å². The van der Waals surface area contributed by atoms with Crippen LogP contribution in [0.5, 0.6) is 0 Å². The van der Waals surface area contributed by atoms with E-state index in [1.807, 2.05) is 18.5 Å². The van der Waals surface area contributed by atoms with Crippen LogP contribution in [0.1, 0.15) is 50.4 Å². The zero-order valence-electron chi connectivity index (χ0n) is 17.2. The van der Waals surface area contributed by atoms with Crippen LogP contribution in [0.4, 0.5) is 0 Å². The van der Waals surface area contributed by atoms with Gasteiger partial charge in [0.05, 0.1) is 37.0 Å². The molecule has 2 aliphatic rings. The Morgan fingerprint density at radius 3 is 2.43 bits per heavy atom. The van der Waals surface area contributed by atoms with E-state index in [2.05, 4.69) is 5.10 Å². The number of hydrogen-bond acceptors (Lipinski definition) is 5. The van der Waals surface area contributed by atoms with Crippen molar-refractivity contribution in [2.24, 2.45) is 5.92 Å². The topological polar surface area (TPSA) is 85.9 Å². The lowest BCUT2D eigenvalue weighted by Gasteiger charge is -2.28. The quantitative estimate of drug-likeness (QED) is 0.686. The number of aryl methyl sites for hydroxylation is 1. The van der Waals surface area contributed by atoms with E-state index in [0.29, 0.717) is 42.6 Å². The third-order valence-electron chi connectivity index (χ3n) is 5.91. The summed E-state index contributed by atoms with van der Waals surface area (Å²) in [7, 11) is -3.49. The maximum absolute atomic E-state index is 13.1. The second-order valence-corrected chi connectivity index (χ2v) is 9.77. The van der Waals surface area contributed by atoms with E-state index in [9.17, 15) is 13.2 Å². The molecule has 1 aromatic rings. The standard InChI is InChI=1S/C19H32N4O4S/c1-4-27-19(24)17-8-12-21(13-9-17)14-23-16(3)18(15(2)20-23)28(25,26)22-10-6-5-7-11-22/h17H,4-14H2,1-3H3/p+1. The Kier molecular flexibility index (Phi) is 6.77. The highest BCUT2D eigenvalue weighted by molar-refractivity contribution is 7.89. The summed E-state index contributed by atoms with van der Waals surface area (Å²) in [6, 6.07) is 0. The van der Waals surface area contributed by atoms with Crippen molar-refractivity contribution in [1.29, 1.82) is 0 Å². The normalized spacial score (nSPS) is 24.2. The minimum Gasteiger partial charge on any atom is -0.466 e. The van der Waals surface area contributed by atoms with E-state index in [4.69, 9.17) is 4.74 Å². The van der Waals surface area contributed by atoms with Crippen LogP contribution < -0.4 is 4.90 Å². The predicted molar refractivity (Wildman–Crippen MR) is 104 cm³/mol. The molecule has 0 spiro atoms. The molecule has 28 heavy (non-hydrogen) atoms. The number of likely N-dealkylation sites (tertiary alicyclic amines) is 1. The minimum atomic E-state index is -3.49. The first-order valence-electron chi connectivity index (χ1n) is 10.4. The van der Waals surface area contributed by atoms with Crippen LogP contribution in [0.15, 0.2) is 4.90 Å². The lowest BCUT2D eigenvalue weighted by molar-refractivity contribution is -0.929. The zero-order chi connectivity index (χ0) is 20.3. The van der Waals surface area contributed by atoms with Gasteiger partial charge in [-0.15, -0.1) is 0 Å². The molecular formula is C19H33N4O4S+. The van der Waals surface area contributed by atoms with E-state index in [1.54, 1.807) is 11.2 Å². The fraction of sp³-hybridized carbons (Fsp3) is 0.789. The summed E-state index contributed by atoms with van der Waals surface area (Å²) in [6.45, 7) is 9.41. The Morgan fingerprint density at radius 2 is 1.82 bits per heavy atom. The molecule has 0 unspecified atom stereocenters. The Labute approximate surface area is 167 Å². The average molecular weight is 414 g/mol. The Hall–Kier alpha value is -1.45. The summed E-state index contributed by atoms with van der Waals surface area (Å²) >= 11 is 0. The molecule has 3 heterocycles. The van der Waals surface area contributed by atoms with Crippen LogP contribution in [-0.4, -0.2) is 61.3 Å². The molecule has 1 N–H and O–H groups in total. The smallest absolute Gasteiger partial charge is 0.309 e. The summed E-state index contributed by atoms with van der Waals surface area (Å²) in [5, 5.41) is 4.55. The van der Waals surface area contributed by atoms with E-state index in [0.717, 1.165) is 45.2 Å². The van der Waals surface area contributed by atoms with Gasteiger partial charge >= 0.3 is 5.97 Å². The third kappa shape index (κ3) is 4.41. The number of aromatic nitrogens is 2. The number of ether oxygens (including phenoxy) is 1. The van der Waals surface area contributed by atoms with Crippen LogP contribution in [0.3, 0.4) is 0 Å². The van der Waals surface area contributed by atoms with Crippen molar-refractivity contribution >= 4 is 16.0 Å². The Bertz CT molecular complexity index is 791. The van der Waals surface area contributed by atoms with Crippen LogP contribution in [0, 0.1) is 19.8 Å². The first-order valence-corrected chi connectivity index (χ1v) is 11.8. The summed E-state index contributed by atoms with van der Waals surface area (Å²) in [6.07, 6.45) is 4.53. The second-order valence-electron chi connectivity index (χ2n) is 7.90. The fourth-order valence-corrected chi connectivity index (χ4v) is 6.22. The predicted octanol–water partition coefficient (Wildman–Crippen LogP) is 0.490. The molecule has 9 heteroatoms. The van der Waals surface area contributed by atoms with Crippen LogP contribution in [0.2, 0.25) is 0 Å². The molecule has 0 aromatic carbocycles. The summed E-state index contributed by atoms with van der Waals surface area (Å²) in [4.78, 5) is 13.6. The van der Waals surface area contributed by atoms with Crippen molar-refractivity contribution < 1.29 is 22.8 Å². The third-order valence-corrected chi connectivity index (χ3v) is 8.07. The molecule has 0 aliphatic carbocycles. The number of hydrogen-bond donors (Lipinski definition) is 1. The van der Waals surface area contributed by atoms with Crippen molar-refractivity contribution in [2.75, 3.05) is 32.8 Å². The van der Waals surface area contributed by atoms with E-state index >= 15 is 0 Å². The molecule has 2 aliphatic heterocycles. The van der Waals surface area contributed by atoms with E-state index in [1.165, 1.54) is 4.90 Å². The monoisotopic (exact) mass is 413 g/mol. The van der Waals surface area contributed by atoms with Gasteiger partial charge in [-0.1, -0.05) is 6.42 Å². The molecule has 1 aromatic heterocycles. The van der Waals surface area contributed by atoms with Gasteiger partial charge in [-0.25, -0.2) is 13.1 Å². The maximum atomic E-state index is 13.1. The molecule has 0 amide bonds. The van der Waals surface area contributed by atoms with Gasteiger partial charge < -0.3 is 9.64 Å². The molecule has 0 saturated carbocycles. The molecule has 8 nitrogen and oxygen atoms in total. The van der Waals surface area contributed by atoms with Gasteiger partial charge in [-0.2, -0.15) is 9.40 Å². The number of carbonyl (C=O) groups is 1. The van der Waals surface area contributed by atoms with Crippen molar-refractivity contribution in [3.8, 4) is 0 Å². The van der Waals surface area contributed by atoms with Crippen molar-refractivity contribution in [3.05, 3.63) is 11.4 Å². The maximum Gasteiger partial charge on any atom is 0.309 e. The lowest BCUT2D eigenvalue weighted by Crippen LogP contribution is -3.12. The Balaban J connectivity index is 1.68. The number of nitrogens with one attached hydrogen (secondary N) is 1. The number of rotatable bonds is 6.